The van der Waals surface area contributed by atoms with Crippen LogP contribution >= 0.6 is 0 Å². The number of benzene rings is 2. The maximum atomic E-state index is 12.1. The average Bonchev–Trinajstić information content (AvgIpc) is 2.66. The molecule has 0 saturated carbocycles. The molecule has 0 aliphatic carbocycles. The van der Waals surface area contributed by atoms with Crippen molar-refractivity contribution in [2.75, 3.05) is 11.9 Å². The summed E-state index contributed by atoms with van der Waals surface area (Å²) >= 11 is 0. The maximum absolute atomic E-state index is 12.1. The van der Waals surface area contributed by atoms with Crippen molar-refractivity contribution in [2.24, 2.45) is 0 Å². The predicted molar refractivity (Wildman–Crippen MR) is 102 cm³/mol. The van der Waals surface area contributed by atoms with Gasteiger partial charge in [0.2, 0.25) is 0 Å². The number of hydrogen-bond acceptors (Lipinski definition) is 5. The second kappa shape index (κ2) is 10.1. The largest absolute Gasteiger partial charge is 0.494 e. The van der Waals surface area contributed by atoms with Crippen molar-refractivity contribution in [1.82, 2.24) is 0 Å². The van der Waals surface area contributed by atoms with Crippen LogP contribution in [-0.4, -0.2) is 30.4 Å². The third-order valence-electron chi connectivity index (χ3n) is 3.77. The lowest BCUT2D eigenvalue weighted by Crippen LogP contribution is -2.30. The molecule has 27 heavy (non-hydrogen) atoms. The lowest BCUT2D eigenvalue weighted by molar-refractivity contribution is -0.153. The minimum Gasteiger partial charge on any atom is -0.494 e. The van der Waals surface area contributed by atoms with Gasteiger partial charge in [-0.1, -0.05) is 18.2 Å². The van der Waals surface area contributed by atoms with Gasteiger partial charge in [-0.2, -0.15) is 0 Å². The van der Waals surface area contributed by atoms with Gasteiger partial charge in [0.1, 0.15) is 5.75 Å². The van der Waals surface area contributed by atoms with Crippen LogP contribution in [0, 0.1) is 0 Å². The molecule has 0 heterocycles. The van der Waals surface area contributed by atoms with E-state index in [9.17, 15) is 14.4 Å². The summed E-state index contributed by atoms with van der Waals surface area (Å²) in [6.45, 7) is 3.37. The molecule has 6 heteroatoms. The normalized spacial score (nSPS) is 11.3. The van der Waals surface area contributed by atoms with Gasteiger partial charge in [0.05, 0.1) is 6.61 Å². The fourth-order valence-electron chi connectivity index (χ4n) is 2.27. The zero-order chi connectivity index (χ0) is 19.6. The number of hydrogen-bond donors (Lipinski definition) is 1. The number of rotatable bonds is 9. The number of para-hydroxylation sites is 1. The second-order valence-corrected chi connectivity index (χ2v) is 6.02. The van der Waals surface area contributed by atoms with Crippen molar-refractivity contribution < 1.29 is 23.9 Å². The number of nitrogens with one attached hydrogen (secondary N) is 1. The third-order valence-corrected chi connectivity index (χ3v) is 3.77. The first-order valence-electron chi connectivity index (χ1n) is 8.75. The minimum absolute atomic E-state index is 0.0496. The fraction of sp³-hybridized carbons (Fsp3) is 0.286. The van der Waals surface area contributed by atoms with Gasteiger partial charge < -0.3 is 14.8 Å². The molecule has 2 aromatic rings. The van der Waals surface area contributed by atoms with E-state index in [-0.39, 0.29) is 12.2 Å². The first-order chi connectivity index (χ1) is 13.0. The molecule has 0 radical (unpaired) electrons. The Balaban J connectivity index is 1.69. The van der Waals surface area contributed by atoms with Crippen LogP contribution in [0.3, 0.4) is 0 Å². The number of ether oxygens (including phenoxy) is 2. The van der Waals surface area contributed by atoms with Crippen LogP contribution in [0.1, 0.15) is 37.0 Å². The van der Waals surface area contributed by atoms with E-state index >= 15 is 0 Å². The molecule has 0 bridgehead atoms. The number of amides is 1. The van der Waals surface area contributed by atoms with E-state index in [4.69, 9.17) is 9.47 Å². The van der Waals surface area contributed by atoms with Crippen LogP contribution in [-0.2, 0) is 14.3 Å². The van der Waals surface area contributed by atoms with Crippen LogP contribution in [0.4, 0.5) is 5.69 Å². The Bertz CT molecular complexity index is 771. The Morgan fingerprint density at radius 2 is 1.67 bits per heavy atom. The molecule has 1 amide bonds. The van der Waals surface area contributed by atoms with Gasteiger partial charge in [-0.05, 0) is 56.7 Å². The lowest BCUT2D eigenvalue weighted by atomic mass is 10.1. The highest BCUT2D eigenvalue weighted by atomic mass is 16.5. The van der Waals surface area contributed by atoms with Crippen molar-refractivity contribution in [3.05, 3.63) is 60.2 Å². The van der Waals surface area contributed by atoms with Crippen LogP contribution in [0.2, 0.25) is 0 Å². The highest BCUT2D eigenvalue weighted by molar-refractivity contribution is 5.97. The molecule has 0 spiro atoms. The summed E-state index contributed by atoms with van der Waals surface area (Å²) in [5, 5.41) is 2.65. The van der Waals surface area contributed by atoms with Gasteiger partial charge in [0.15, 0.2) is 11.9 Å². The Labute approximate surface area is 158 Å². The van der Waals surface area contributed by atoms with E-state index in [1.54, 1.807) is 24.3 Å². The third kappa shape index (κ3) is 6.93. The molecule has 0 aliphatic rings. The number of carbonyl (C=O) groups excluding carboxylic acids is 3. The van der Waals surface area contributed by atoms with Gasteiger partial charge >= 0.3 is 5.97 Å². The Kier molecular flexibility index (Phi) is 7.55. The van der Waals surface area contributed by atoms with E-state index in [1.807, 2.05) is 30.3 Å². The molecule has 0 aliphatic heterocycles. The van der Waals surface area contributed by atoms with E-state index in [0.29, 0.717) is 24.3 Å². The molecule has 0 aromatic heterocycles. The Morgan fingerprint density at radius 3 is 2.30 bits per heavy atom. The Morgan fingerprint density at radius 1 is 1.00 bits per heavy atom. The standard InChI is InChI=1S/C21H23NO5/c1-15(23)17-10-12-18(13-11-17)22-21(25)16(2)27-20(24)9-6-14-26-19-7-4-3-5-8-19/h3-5,7-8,10-13,16H,6,9,14H2,1-2H3,(H,22,25)/t16-/m1/s1. The monoisotopic (exact) mass is 369 g/mol. The van der Waals surface area contributed by atoms with Crippen molar-refractivity contribution >= 4 is 23.3 Å². The Hall–Kier alpha value is -3.15. The van der Waals surface area contributed by atoms with E-state index < -0.39 is 18.0 Å². The number of esters is 1. The van der Waals surface area contributed by atoms with Crippen molar-refractivity contribution in [3.63, 3.8) is 0 Å². The number of carbonyl (C=O) groups is 3. The number of anilines is 1. The minimum atomic E-state index is -0.917. The lowest BCUT2D eigenvalue weighted by Gasteiger charge is -2.14. The smallest absolute Gasteiger partial charge is 0.306 e. The topological polar surface area (TPSA) is 81.7 Å². The molecule has 2 rings (SSSR count). The summed E-state index contributed by atoms with van der Waals surface area (Å²) in [7, 11) is 0. The molecule has 1 N–H and O–H groups in total. The van der Waals surface area contributed by atoms with Crippen LogP contribution in [0.15, 0.2) is 54.6 Å². The molecule has 0 fully saturated rings. The molecular formula is C21H23NO5. The summed E-state index contributed by atoms with van der Waals surface area (Å²) in [5.41, 5.74) is 1.09. The first-order valence-corrected chi connectivity index (χ1v) is 8.75. The predicted octanol–water partition coefficient (Wildman–Crippen LogP) is 3.62. The van der Waals surface area contributed by atoms with Gasteiger partial charge in [-0.3, -0.25) is 14.4 Å². The van der Waals surface area contributed by atoms with Crippen molar-refractivity contribution in [1.29, 1.82) is 0 Å². The average molecular weight is 369 g/mol. The second-order valence-electron chi connectivity index (χ2n) is 6.02. The summed E-state index contributed by atoms with van der Waals surface area (Å²) in [4.78, 5) is 35.2. The molecular weight excluding hydrogens is 346 g/mol. The summed E-state index contributed by atoms with van der Waals surface area (Å²) in [5.74, 6) is -0.193. The SMILES string of the molecule is CC(=O)c1ccc(NC(=O)[C@@H](C)OC(=O)CCCOc2ccccc2)cc1. The highest BCUT2D eigenvalue weighted by Gasteiger charge is 2.17. The van der Waals surface area contributed by atoms with E-state index in [0.717, 1.165) is 5.75 Å². The van der Waals surface area contributed by atoms with E-state index in [1.165, 1.54) is 13.8 Å². The molecule has 2 aromatic carbocycles. The highest BCUT2D eigenvalue weighted by Crippen LogP contribution is 2.12. The van der Waals surface area contributed by atoms with E-state index in [2.05, 4.69) is 5.32 Å². The maximum Gasteiger partial charge on any atom is 0.306 e. The van der Waals surface area contributed by atoms with Crippen molar-refractivity contribution in [2.45, 2.75) is 32.8 Å². The summed E-state index contributed by atoms with van der Waals surface area (Å²) in [6.07, 6.45) is -0.258. The van der Waals surface area contributed by atoms with Crippen LogP contribution < -0.4 is 10.1 Å². The van der Waals surface area contributed by atoms with Gasteiger partial charge in [0, 0.05) is 17.7 Å². The first kappa shape index (κ1) is 20.2. The molecule has 142 valence electrons. The van der Waals surface area contributed by atoms with Gasteiger partial charge in [-0.15, -0.1) is 0 Å². The zero-order valence-corrected chi connectivity index (χ0v) is 15.4. The zero-order valence-electron chi connectivity index (χ0n) is 15.4. The number of Topliss-reactive ketones (excluding diaryl/α,β-unsaturated/α-hetero) is 1. The van der Waals surface area contributed by atoms with Crippen molar-refractivity contribution in [3.8, 4) is 5.75 Å². The molecule has 6 nitrogen and oxygen atoms in total. The molecule has 0 unspecified atom stereocenters. The summed E-state index contributed by atoms with van der Waals surface area (Å²) < 4.78 is 10.6. The number of ketones is 1. The molecule has 1 atom stereocenters. The quantitative estimate of drug-likeness (QED) is 0.415. The molecule has 0 saturated heterocycles. The van der Waals surface area contributed by atoms with Gasteiger partial charge in [0.25, 0.3) is 5.91 Å². The fourth-order valence-corrected chi connectivity index (χ4v) is 2.27. The van der Waals surface area contributed by atoms with Crippen LogP contribution in [0.25, 0.3) is 0 Å². The van der Waals surface area contributed by atoms with Gasteiger partial charge in [-0.25, -0.2) is 0 Å². The summed E-state index contributed by atoms with van der Waals surface area (Å²) in [6, 6.07) is 15.8. The van der Waals surface area contributed by atoms with Crippen LogP contribution in [0.5, 0.6) is 5.75 Å².